The molecule has 2 aromatic rings. The van der Waals surface area contributed by atoms with E-state index in [1.54, 1.807) is 0 Å². The van der Waals surface area contributed by atoms with E-state index in [2.05, 4.69) is 65.4 Å². The summed E-state index contributed by atoms with van der Waals surface area (Å²) in [6.07, 6.45) is 4.46. The van der Waals surface area contributed by atoms with Crippen molar-refractivity contribution in [2.75, 3.05) is 33.2 Å². The van der Waals surface area contributed by atoms with E-state index >= 15 is 0 Å². The summed E-state index contributed by atoms with van der Waals surface area (Å²) in [6.45, 7) is 4.40. The van der Waals surface area contributed by atoms with Crippen molar-refractivity contribution in [3.05, 3.63) is 69.7 Å². The van der Waals surface area contributed by atoms with Crippen LogP contribution in [0.3, 0.4) is 0 Å². The molecular formula is C20H22Cl2N2. The van der Waals surface area contributed by atoms with Crippen LogP contribution in [-0.4, -0.2) is 43.0 Å². The second kappa shape index (κ2) is 7.28. The normalized spacial score (nSPS) is 20.7. The van der Waals surface area contributed by atoms with E-state index in [1.807, 2.05) is 6.07 Å². The van der Waals surface area contributed by atoms with Crippen LogP contribution in [0.25, 0.3) is 12.2 Å². The number of benzene rings is 2. The van der Waals surface area contributed by atoms with Crippen molar-refractivity contribution >= 4 is 36.2 Å². The second-order valence-electron chi connectivity index (χ2n) is 6.48. The van der Waals surface area contributed by atoms with E-state index in [0.29, 0.717) is 0 Å². The predicted molar refractivity (Wildman–Crippen MR) is 105 cm³/mol. The summed E-state index contributed by atoms with van der Waals surface area (Å²) in [5.41, 5.74) is 5.29. The molecular weight excluding hydrogens is 339 g/mol. The molecule has 4 rings (SSSR count). The third-order valence-electron chi connectivity index (χ3n) is 4.98. The molecule has 1 heterocycles. The van der Waals surface area contributed by atoms with Crippen LogP contribution < -0.4 is 0 Å². The Morgan fingerprint density at radius 2 is 1.54 bits per heavy atom. The molecule has 2 aromatic carbocycles. The second-order valence-corrected chi connectivity index (χ2v) is 6.91. The van der Waals surface area contributed by atoms with Gasteiger partial charge in [0.05, 0.1) is 6.04 Å². The van der Waals surface area contributed by atoms with Crippen LogP contribution in [0.2, 0.25) is 5.02 Å². The van der Waals surface area contributed by atoms with Crippen LogP contribution >= 0.6 is 24.0 Å². The zero-order valence-corrected chi connectivity index (χ0v) is 15.4. The van der Waals surface area contributed by atoms with Crippen LogP contribution in [0.5, 0.6) is 0 Å². The molecule has 2 aliphatic rings. The minimum absolute atomic E-state index is 0. The Morgan fingerprint density at radius 1 is 0.875 bits per heavy atom. The molecule has 0 aromatic heterocycles. The van der Waals surface area contributed by atoms with Crippen molar-refractivity contribution in [2.24, 2.45) is 0 Å². The van der Waals surface area contributed by atoms with Gasteiger partial charge in [0.1, 0.15) is 0 Å². The van der Waals surface area contributed by atoms with Gasteiger partial charge in [-0.3, -0.25) is 4.90 Å². The van der Waals surface area contributed by atoms with Gasteiger partial charge in [0.25, 0.3) is 0 Å². The van der Waals surface area contributed by atoms with Gasteiger partial charge in [-0.1, -0.05) is 54.1 Å². The molecule has 1 aliphatic carbocycles. The first-order valence-electron chi connectivity index (χ1n) is 8.21. The Kier molecular flexibility index (Phi) is 5.31. The minimum Gasteiger partial charge on any atom is -0.304 e. The molecule has 1 unspecified atom stereocenters. The van der Waals surface area contributed by atoms with Gasteiger partial charge in [-0.2, -0.15) is 0 Å². The van der Waals surface area contributed by atoms with Crippen LogP contribution in [-0.2, 0) is 0 Å². The van der Waals surface area contributed by atoms with Crippen LogP contribution in [0.1, 0.15) is 28.3 Å². The summed E-state index contributed by atoms with van der Waals surface area (Å²) in [6, 6.07) is 15.3. The Labute approximate surface area is 155 Å². The number of halogens is 2. The Bertz CT molecular complexity index is 749. The Morgan fingerprint density at radius 3 is 2.29 bits per heavy atom. The van der Waals surface area contributed by atoms with Crippen LogP contribution in [0.4, 0.5) is 0 Å². The average molecular weight is 361 g/mol. The van der Waals surface area contributed by atoms with Crippen molar-refractivity contribution in [3.8, 4) is 0 Å². The number of fused-ring (bicyclic) bond motifs is 2. The Balaban J connectivity index is 0.00000169. The predicted octanol–water partition coefficient (Wildman–Crippen LogP) is 4.58. The summed E-state index contributed by atoms with van der Waals surface area (Å²) in [4.78, 5) is 5.00. The van der Waals surface area contributed by atoms with Crippen molar-refractivity contribution in [1.82, 2.24) is 9.80 Å². The lowest BCUT2D eigenvalue weighted by Crippen LogP contribution is -2.46. The third kappa shape index (κ3) is 3.25. The smallest absolute Gasteiger partial charge is 0.0614 e. The molecule has 0 spiro atoms. The maximum absolute atomic E-state index is 6.33. The van der Waals surface area contributed by atoms with Crippen LogP contribution in [0.15, 0.2) is 42.5 Å². The van der Waals surface area contributed by atoms with Crippen LogP contribution in [0, 0.1) is 0 Å². The van der Waals surface area contributed by atoms with E-state index in [9.17, 15) is 0 Å². The number of likely N-dealkylation sites (N-methyl/N-ethyl adjacent to an activating group) is 1. The fourth-order valence-corrected chi connectivity index (χ4v) is 3.85. The fraction of sp³-hybridized carbons (Fsp3) is 0.300. The summed E-state index contributed by atoms with van der Waals surface area (Å²) < 4.78 is 0. The first kappa shape index (κ1) is 17.5. The minimum atomic E-state index is 0. The molecule has 0 N–H and O–H groups in total. The van der Waals surface area contributed by atoms with E-state index in [-0.39, 0.29) is 18.4 Å². The SMILES string of the molecule is CN1CCN(C2c3ccccc3C=Cc3ccc(Cl)cc32)CC1.Cl. The molecule has 126 valence electrons. The highest BCUT2D eigenvalue weighted by Crippen LogP contribution is 2.38. The number of hydrogen-bond acceptors (Lipinski definition) is 2. The summed E-state index contributed by atoms with van der Waals surface area (Å²) in [5.74, 6) is 0. The topological polar surface area (TPSA) is 6.48 Å². The quantitative estimate of drug-likeness (QED) is 0.734. The van der Waals surface area contributed by atoms with E-state index in [1.165, 1.54) is 22.3 Å². The van der Waals surface area contributed by atoms with Gasteiger partial charge in [-0.15, -0.1) is 12.4 Å². The summed E-state index contributed by atoms with van der Waals surface area (Å²) in [7, 11) is 2.20. The lowest BCUT2D eigenvalue weighted by atomic mass is 9.92. The number of nitrogens with zero attached hydrogens (tertiary/aromatic N) is 2. The van der Waals surface area contributed by atoms with Gasteiger partial charge >= 0.3 is 0 Å². The van der Waals surface area contributed by atoms with Crippen molar-refractivity contribution in [3.63, 3.8) is 0 Å². The lowest BCUT2D eigenvalue weighted by Gasteiger charge is -2.39. The van der Waals surface area contributed by atoms with Crippen molar-refractivity contribution < 1.29 is 0 Å². The monoisotopic (exact) mass is 360 g/mol. The first-order valence-corrected chi connectivity index (χ1v) is 8.59. The maximum Gasteiger partial charge on any atom is 0.0614 e. The van der Waals surface area contributed by atoms with Gasteiger partial charge in [0.2, 0.25) is 0 Å². The highest BCUT2D eigenvalue weighted by Gasteiger charge is 2.29. The third-order valence-corrected chi connectivity index (χ3v) is 5.21. The number of rotatable bonds is 1. The lowest BCUT2D eigenvalue weighted by molar-refractivity contribution is 0.127. The molecule has 1 saturated heterocycles. The van der Waals surface area contributed by atoms with Crippen molar-refractivity contribution in [2.45, 2.75) is 6.04 Å². The van der Waals surface area contributed by atoms with E-state index in [4.69, 9.17) is 11.6 Å². The van der Waals surface area contributed by atoms with Gasteiger partial charge in [-0.05, 0) is 41.4 Å². The standard InChI is InChI=1S/C20H21ClN2.ClH/c1-22-10-12-23(13-11-22)20-18-5-3-2-4-15(18)6-7-16-8-9-17(21)14-19(16)20;/h2-9,14,20H,10-13H2,1H3;1H. The molecule has 1 fully saturated rings. The molecule has 1 atom stereocenters. The summed E-state index contributed by atoms with van der Waals surface area (Å²) in [5, 5.41) is 0.815. The van der Waals surface area contributed by atoms with Gasteiger partial charge in [-0.25, -0.2) is 0 Å². The molecule has 24 heavy (non-hydrogen) atoms. The fourth-order valence-electron chi connectivity index (χ4n) is 3.67. The van der Waals surface area contributed by atoms with Gasteiger partial charge < -0.3 is 4.90 Å². The van der Waals surface area contributed by atoms with E-state index < -0.39 is 0 Å². The number of piperazine rings is 1. The molecule has 0 radical (unpaired) electrons. The number of hydrogen-bond donors (Lipinski definition) is 0. The highest BCUT2D eigenvalue weighted by atomic mass is 35.5. The molecule has 0 bridgehead atoms. The Hall–Kier alpha value is -1.32. The molecule has 2 nitrogen and oxygen atoms in total. The first-order chi connectivity index (χ1) is 11.2. The molecule has 0 amide bonds. The molecule has 1 aliphatic heterocycles. The average Bonchev–Trinajstić information content (AvgIpc) is 2.72. The largest absolute Gasteiger partial charge is 0.304 e. The molecule has 4 heteroatoms. The van der Waals surface area contributed by atoms with E-state index in [0.717, 1.165) is 31.2 Å². The molecule has 0 saturated carbocycles. The maximum atomic E-state index is 6.33. The van der Waals surface area contributed by atoms with Gasteiger partial charge in [0.15, 0.2) is 0 Å². The van der Waals surface area contributed by atoms with Crippen molar-refractivity contribution in [1.29, 1.82) is 0 Å². The summed E-state index contributed by atoms with van der Waals surface area (Å²) >= 11 is 6.33. The highest BCUT2D eigenvalue weighted by molar-refractivity contribution is 6.30. The zero-order valence-electron chi connectivity index (χ0n) is 13.8. The van der Waals surface area contributed by atoms with Gasteiger partial charge in [0, 0.05) is 31.2 Å². The zero-order chi connectivity index (χ0) is 15.8.